The van der Waals surface area contributed by atoms with Gasteiger partial charge in [-0.1, -0.05) is 35.5 Å². The molecule has 0 atom stereocenters. The van der Waals surface area contributed by atoms with Crippen molar-refractivity contribution in [2.45, 2.75) is 57.0 Å². The number of aryl methyl sites for hydroxylation is 4. The molecule has 2 heterocycles. The first kappa shape index (κ1) is 19.7. The van der Waals surface area contributed by atoms with E-state index < -0.39 is 0 Å². The minimum absolute atomic E-state index is 0.102. The van der Waals surface area contributed by atoms with Crippen LogP contribution in [0.2, 0.25) is 0 Å². The molecule has 1 aliphatic carbocycles. The van der Waals surface area contributed by atoms with Gasteiger partial charge in [0.2, 0.25) is 0 Å². The fraction of sp³-hybridized carbons (Fsp3) is 0.455. The van der Waals surface area contributed by atoms with Gasteiger partial charge in [-0.25, -0.2) is 4.98 Å². The van der Waals surface area contributed by atoms with Crippen molar-refractivity contribution < 1.29 is 4.74 Å². The van der Waals surface area contributed by atoms with Gasteiger partial charge in [0.1, 0.15) is 4.83 Å². The Morgan fingerprint density at radius 2 is 2.07 bits per heavy atom. The fourth-order valence-corrected chi connectivity index (χ4v) is 6.20. The molecule has 0 spiro atoms. The van der Waals surface area contributed by atoms with Gasteiger partial charge in [0.05, 0.1) is 18.5 Å². The Labute approximate surface area is 174 Å². The van der Waals surface area contributed by atoms with Crippen molar-refractivity contribution in [1.29, 1.82) is 0 Å². The molecular formula is C22H26N2O2S2. The molecule has 1 aromatic carbocycles. The Balaban J connectivity index is 1.75. The predicted octanol–water partition coefficient (Wildman–Crippen LogP) is 4.89. The molecule has 0 N–H and O–H groups in total. The van der Waals surface area contributed by atoms with Crippen LogP contribution in [0.4, 0.5) is 0 Å². The molecule has 0 saturated carbocycles. The lowest BCUT2D eigenvalue weighted by Gasteiger charge is -2.14. The molecule has 148 valence electrons. The van der Waals surface area contributed by atoms with Crippen LogP contribution >= 0.6 is 23.1 Å². The summed E-state index contributed by atoms with van der Waals surface area (Å²) in [5.41, 5.74) is 5.18. The molecule has 0 bridgehead atoms. The molecule has 4 nitrogen and oxygen atoms in total. The molecule has 0 fully saturated rings. The van der Waals surface area contributed by atoms with Crippen molar-refractivity contribution in [1.82, 2.24) is 9.55 Å². The van der Waals surface area contributed by atoms with Crippen LogP contribution in [0, 0.1) is 13.8 Å². The first-order chi connectivity index (χ1) is 13.6. The third kappa shape index (κ3) is 3.78. The number of methoxy groups -OCH3 is 1. The maximum Gasteiger partial charge on any atom is 0.263 e. The maximum absolute atomic E-state index is 13.4. The van der Waals surface area contributed by atoms with Gasteiger partial charge < -0.3 is 4.74 Å². The molecule has 0 aliphatic heterocycles. The van der Waals surface area contributed by atoms with Crippen LogP contribution in [-0.4, -0.2) is 23.3 Å². The summed E-state index contributed by atoms with van der Waals surface area (Å²) in [7, 11) is 1.67. The van der Waals surface area contributed by atoms with Gasteiger partial charge in [-0.2, -0.15) is 0 Å². The van der Waals surface area contributed by atoms with E-state index in [-0.39, 0.29) is 5.56 Å². The quantitative estimate of drug-likeness (QED) is 0.425. The zero-order chi connectivity index (χ0) is 19.7. The van der Waals surface area contributed by atoms with Gasteiger partial charge in [-0.05, 0) is 56.2 Å². The van der Waals surface area contributed by atoms with Gasteiger partial charge >= 0.3 is 0 Å². The first-order valence-corrected chi connectivity index (χ1v) is 11.6. The standard InChI is InChI=1S/C22H26N2O2S2/c1-14-8-9-15(2)16(12-14)13-27-22-23-20-19(21(25)24(22)10-11-26-3)17-6-4-5-7-18(17)28-20/h8-9,12H,4-7,10-11,13H2,1-3H3. The summed E-state index contributed by atoms with van der Waals surface area (Å²) in [5.74, 6) is 0.809. The molecule has 6 heteroatoms. The molecule has 0 saturated heterocycles. The monoisotopic (exact) mass is 414 g/mol. The number of thiophene rings is 1. The molecule has 4 rings (SSSR count). The average Bonchev–Trinajstić information content (AvgIpc) is 3.06. The van der Waals surface area contributed by atoms with E-state index in [2.05, 4.69) is 32.0 Å². The van der Waals surface area contributed by atoms with E-state index in [1.165, 1.54) is 40.0 Å². The summed E-state index contributed by atoms with van der Waals surface area (Å²) in [5, 5.41) is 1.65. The van der Waals surface area contributed by atoms with Gasteiger partial charge in [0.25, 0.3) is 5.56 Å². The second-order valence-corrected chi connectivity index (χ2v) is 9.48. The zero-order valence-electron chi connectivity index (χ0n) is 16.7. The molecule has 3 aromatic rings. The third-order valence-electron chi connectivity index (χ3n) is 5.42. The van der Waals surface area contributed by atoms with Crippen LogP contribution in [0.5, 0.6) is 0 Å². The summed E-state index contributed by atoms with van der Waals surface area (Å²) in [4.78, 5) is 20.6. The SMILES string of the molecule is COCCn1c(SCc2cc(C)ccc2C)nc2sc3c(c2c1=O)CCCC3. The van der Waals surface area contributed by atoms with E-state index in [0.717, 1.165) is 34.0 Å². The van der Waals surface area contributed by atoms with Gasteiger partial charge in [-0.3, -0.25) is 9.36 Å². The topological polar surface area (TPSA) is 44.1 Å². The highest BCUT2D eigenvalue weighted by Gasteiger charge is 2.22. The Morgan fingerprint density at radius 1 is 1.25 bits per heavy atom. The van der Waals surface area contributed by atoms with Crippen LogP contribution in [0.3, 0.4) is 0 Å². The predicted molar refractivity (Wildman–Crippen MR) is 118 cm³/mol. The summed E-state index contributed by atoms with van der Waals surface area (Å²) in [6.45, 7) is 5.30. The second-order valence-electron chi connectivity index (χ2n) is 7.45. The van der Waals surface area contributed by atoms with Gasteiger partial charge in [0.15, 0.2) is 5.16 Å². The number of benzene rings is 1. The zero-order valence-corrected chi connectivity index (χ0v) is 18.3. The summed E-state index contributed by atoms with van der Waals surface area (Å²) < 4.78 is 7.09. The van der Waals surface area contributed by atoms with Crippen molar-refractivity contribution in [3.63, 3.8) is 0 Å². The number of rotatable bonds is 6. The average molecular weight is 415 g/mol. The second kappa shape index (κ2) is 8.39. The van der Waals surface area contributed by atoms with E-state index in [0.29, 0.717) is 13.2 Å². The van der Waals surface area contributed by atoms with E-state index in [9.17, 15) is 4.79 Å². The largest absolute Gasteiger partial charge is 0.383 e. The Morgan fingerprint density at radius 3 is 2.89 bits per heavy atom. The number of nitrogens with zero attached hydrogens (tertiary/aromatic N) is 2. The minimum Gasteiger partial charge on any atom is -0.383 e. The van der Waals surface area contributed by atoms with Crippen molar-refractivity contribution in [2.24, 2.45) is 0 Å². The lowest BCUT2D eigenvalue weighted by Crippen LogP contribution is -2.25. The van der Waals surface area contributed by atoms with Crippen LogP contribution < -0.4 is 5.56 Å². The van der Waals surface area contributed by atoms with Crippen LogP contribution in [0.25, 0.3) is 10.2 Å². The Hall–Kier alpha value is -1.63. The number of thioether (sulfide) groups is 1. The van der Waals surface area contributed by atoms with Crippen molar-refractivity contribution in [2.75, 3.05) is 13.7 Å². The smallest absolute Gasteiger partial charge is 0.263 e. The number of fused-ring (bicyclic) bond motifs is 3. The van der Waals surface area contributed by atoms with E-state index in [1.54, 1.807) is 30.2 Å². The van der Waals surface area contributed by atoms with Crippen molar-refractivity contribution in [3.05, 3.63) is 55.7 Å². The first-order valence-electron chi connectivity index (χ1n) is 9.81. The Kier molecular flexibility index (Phi) is 5.90. The highest BCUT2D eigenvalue weighted by molar-refractivity contribution is 7.98. The molecular weight excluding hydrogens is 388 g/mol. The highest BCUT2D eigenvalue weighted by atomic mass is 32.2. The number of ether oxygens (including phenoxy) is 1. The van der Waals surface area contributed by atoms with Crippen LogP contribution in [0.15, 0.2) is 28.2 Å². The van der Waals surface area contributed by atoms with Crippen LogP contribution in [0.1, 0.15) is 40.0 Å². The minimum atomic E-state index is 0.102. The number of aromatic nitrogens is 2. The Bertz CT molecular complexity index is 1070. The summed E-state index contributed by atoms with van der Waals surface area (Å²) in [6.07, 6.45) is 4.47. The molecule has 28 heavy (non-hydrogen) atoms. The van der Waals surface area contributed by atoms with Crippen molar-refractivity contribution >= 4 is 33.3 Å². The lowest BCUT2D eigenvalue weighted by molar-refractivity contribution is 0.183. The van der Waals surface area contributed by atoms with E-state index in [1.807, 2.05) is 4.57 Å². The molecule has 2 aromatic heterocycles. The number of hydrogen-bond donors (Lipinski definition) is 0. The van der Waals surface area contributed by atoms with E-state index >= 15 is 0 Å². The number of hydrogen-bond acceptors (Lipinski definition) is 5. The summed E-state index contributed by atoms with van der Waals surface area (Å²) >= 11 is 3.37. The normalized spacial score (nSPS) is 13.8. The maximum atomic E-state index is 13.4. The lowest BCUT2D eigenvalue weighted by atomic mass is 9.97. The molecule has 0 amide bonds. The highest BCUT2D eigenvalue weighted by Crippen LogP contribution is 2.35. The fourth-order valence-electron chi connectivity index (χ4n) is 3.81. The summed E-state index contributed by atoms with van der Waals surface area (Å²) in [6, 6.07) is 6.52. The van der Waals surface area contributed by atoms with Crippen LogP contribution in [-0.2, 0) is 29.9 Å². The molecule has 1 aliphatic rings. The molecule has 0 unspecified atom stereocenters. The third-order valence-corrected chi connectivity index (χ3v) is 7.63. The van der Waals surface area contributed by atoms with E-state index in [4.69, 9.17) is 9.72 Å². The van der Waals surface area contributed by atoms with Gasteiger partial charge in [-0.15, -0.1) is 11.3 Å². The van der Waals surface area contributed by atoms with Crippen molar-refractivity contribution in [3.8, 4) is 0 Å². The molecule has 0 radical (unpaired) electrons. The van der Waals surface area contributed by atoms with Gasteiger partial charge in [0, 0.05) is 17.7 Å².